The molecule has 1 N–H and O–H groups in total. The standard InChI is InChI=1S/C17H17ClN2O/c1-2-17-19-15-8-5-13(18)11-16(15)20(17)14-6-3-12(4-7-14)9-10-21/h3-8,11,21H,2,9-10H2,1H3. The summed E-state index contributed by atoms with van der Waals surface area (Å²) in [5.74, 6) is 1.02. The monoisotopic (exact) mass is 300 g/mol. The van der Waals surface area contributed by atoms with Gasteiger partial charge in [-0.25, -0.2) is 4.98 Å². The first-order chi connectivity index (χ1) is 10.2. The van der Waals surface area contributed by atoms with Crippen LogP contribution in [0.15, 0.2) is 42.5 Å². The number of aliphatic hydroxyl groups is 1. The number of rotatable bonds is 4. The van der Waals surface area contributed by atoms with E-state index in [1.54, 1.807) is 0 Å². The minimum Gasteiger partial charge on any atom is -0.396 e. The third-order valence-corrected chi connectivity index (χ3v) is 3.83. The van der Waals surface area contributed by atoms with Crippen LogP contribution in [0.1, 0.15) is 18.3 Å². The molecule has 1 heterocycles. The molecule has 4 heteroatoms. The van der Waals surface area contributed by atoms with Crippen LogP contribution >= 0.6 is 11.6 Å². The van der Waals surface area contributed by atoms with Crippen LogP contribution in [0.2, 0.25) is 5.02 Å². The largest absolute Gasteiger partial charge is 0.396 e. The number of hydrogen-bond donors (Lipinski definition) is 1. The van der Waals surface area contributed by atoms with E-state index in [4.69, 9.17) is 16.7 Å². The maximum absolute atomic E-state index is 9.00. The maximum Gasteiger partial charge on any atom is 0.114 e. The minimum atomic E-state index is 0.170. The van der Waals surface area contributed by atoms with E-state index < -0.39 is 0 Å². The highest BCUT2D eigenvalue weighted by atomic mass is 35.5. The minimum absolute atomic E-state index is 0.170. The maximum atomic E-state index is 9.00. The zero-order valence-electron chi connectivity index (χ0n) is 11.9. The average Bonchev–Trinajstić information content (AvgIpc) is 2.86. The number of aryl methyl sites for hydroxylation is 1. The van der Waals surface area contributed by atoms with Gasteiger partial charge in [-0.2, -0.15) is 0 Å². The molecule has 0 radical (unpaired) electrons. The van der Waals surface area contributed by atoms with E-state index in [1.165, 1.54) is 0 Å². The van der Waals surface area contributed by atoms with Gasteiger partial charge in [0.25, 0.3) is 0 Å². The molecule has 21 heavy (non-hydrogen) atoms. The second-order valence-electron chi connectivity index (χ2n) is 4.99. The van der Waals surface area contributed by atoms with Crippen LogP contribution in [0.4, 0.5) is 0 Å². The molecule has 0 spiro atoms. The Bertz CT molecular complexity index is 762. The summed E-state index contributed by atoms with van der Waals surface area (Å²) >= 11 is 6.13. The number of benzene rings is 2. The smallest absolute Gasteiger partial charge is 0.114 e. The summed E-state index contributed by atoms with van der Waals surface area (Å²) in [7, 11) is 0. The predicted octanol–water partition coefficient (Wildman–Crippen LogP) is 3.78. The summed E-state index contributed by atoms with van der Waals surface area (Å²) < 4.78 is 2.14. The quantitative estimate of drug-likeness (QED) is 0.796. The molecule has 3 nitrogen and oxygen atoms in total. The summed E-state index contributed by atoms with van der Waals surface area (Å²) in [6, 6.07) is 14.0. The van der Waals surface area contributed by atoms with Crippen LogP contribution < -0.4 is 0 Å². The lowest BCUT2D eigenvalue weighted by Crippen LogP contribution is -2.00. The lowest BCUT2D eigenvalue weighted by molar-refractivity contribution is 0.299. The summed E-state index contributed by atoms with van der Waals surface area (Å²) in [6.45, 7) is 2.27. The number of fused-ring (bicyclic) bond motifs is 1. The fourth-order valence-corrected chi connectivity index (χ4v) is 2.73. The Morgan fingerprint density at radius 3 is 2.57 bits per heavy atom. The van der Waals surface area contributed by atoms with Crippen LogP contribution in [0.5, 0.6) is 0 Å². The highest BCUT2D eigenvalue weighted by Gasteiger charge is 2.11. The zero-order valence-corrected chi connectivity index (χ0v) is 12.6. The molecule has 0 atom stereocenters. The van der Waals surface area contributed by atoms with Gasteiger partial charge in [0.2, 0.25) is 0 Å². The summed E-state index contributed by atoms with van der Waals surface area (Å²) in [4.78, 5) is 4.67. The third kappa shape index (κ3) is 2.67. The fourth-order valence-electron chi connectivity index (χ4n) is 2.56. The molecule has 0 aliphatic rings. The summed E-state index contributed by atoms with van der Waals surface area (Å²) in [5, 5.41) is 9.71. The molecule has 2 aromatic carbocycles. The molecule has 3 rings (SSSR count). The van der Waals surface area contributed by atoms with Crippen LogP contribution in [0, 0.1) is 0 Å². The zero-order chi connectivity index (χ0) is 14.8. The van der Waals surface area contributed by atoms with E-state index in [0.717, 1.165) is 34.5 Å². The highest BCUT2D eigenvalue weighted by Crippen LogP contribution is 2.25. The Hall–Kier alpha value is -1.84. The van der Waals surface area contributed by atoms with Crippen molar-refractivity contribution in [3.63, 3.8) is 0 Å². The van der Waals surface area contributed by atoms with Gasteiger partial charge in [-0.3, -0.25) is 4.57 Å². The third-order valence-electron chi connectivity index (χ3n) is 3.60. The van der Waals surface area contributed by atoms with Crippen molar-refractivity contribution < 1.29 is 5.11 Å². The number of aromatic nitrogens is 2. The number of hydrogen-bond acceptors (Lipinski definition) is 2. The molecule has 0 saturated carbocycles. The Morgan fingerprint density at radius 1 is 1.14 bits per heavy atom. The van der Waals surface area contributed by atoms with Gasteiger partial charge >= 0.3 is 0 Å². The topological polar surface area (TPSA) is 38.0 Å². The molecule has 0 saturated heterocycles. The van der Waals surface area contributed by atoms with Crippen LogP contribution in [0.25, 0.3) is 16.7 Å². The Balaban J connectivity index is 2.15. The molecule has 0 aliphatic heterocycles. The molecule has 0 aliphatic carbocycles. The van der Waals surface area contributed by atoms with Gasteiger partial charge in [-0.05, 0) is 42.3 Å². The van der Waals surface area contributed by atoms with Gasteiger partial charge in [0.1, 0.15) is 5.82 Å². The van der Waals surface area contributed by atoms with Gasteiger partial charge in [0.15, 0.2) is 0 Å². The van der Waals surface area contributed by atoms with Gasteiger partial charge in [-0.15, -0.1) is 0 Å². The first-order valence-corrected chi connectivity index (χ1v) is 7.47. The van der Waals surface area contributed by atoms with E-state index in [-0.39, 0.29) is 6.61 Å². The first-order valence-electron chi connectivity index (χ1n) is 7.10. The van der Waals surface area contributed by atoms with E-state index >= 15 is 0 Å². The molecular weight excluding hydrogens is 284 g/mol. The molecule has 0 fully saturated rings. The van der Waals surface area contributed by atoms with E-state index in [1.807, 2.05) is 30.3 Å². The average molecular weight is 301 g/mol. The lowest BCUT2D eigenvalue weighted by atomic mass is 10.1. The van der Waals surface area contributed by atoms with E-state index in [2.05, 4.69) is 28.6 Å². The summed E-state index contributed by atoms with van der Waals surface area (Å²) in [6.07, 6.45) is 1.53. The molecule has 0 amide bonds. The number of aliphatic hydroxyl groups excluding tert-OH is 1. The van der Waals surface area contributed by atoms with Crippen molar-refractivity contribution in [2.45, 2.75) is 19.8 Å². The second kappa shape index (κ2) is 5.88. The molecule has 1 aromatic heterocycles. The number of halogens is 1. The summed E-state index contributed by atoms with van der Waals surface area (Å²) in [5.41, 5.74) is 4.17. The number of imidazole rings is 1. The normalized spacial score (nSPS) is 11.2. The molecule has 3 aromatic rings. The van der Waals surface area contributed by atoms with Gasteiger partial charge in [-0.1, -0.05) is 30.7 Å². The van der Waals surface area contributed by atoms with Gasteiger partial charge in [0, 0.05) is 23.7 Å². The first kappa shape index (κ1) is 14.1. The second-order valence-corrected chi connectivity index (χ2v) is 5.43. The van der Waals surface area contributed by atoms with Gasteiger partial charge < -0.3 is 5.11 Å². The van der Waals surface area contributed by atoms with E-state index in [9.17, 15) is 0 Å². The van der Waals surface area contributed by atoms with Crippen molar-refractivity contribution in [2.24, 2.45) is 0 Å². The van der Waals surface area contributed by atoms with Crippen LogP contribution in [0.3, 0.4) is 0 Å². The van der Waals surface area contributed by atoms with Gasteiger partial charge in [0.05, 0.1) is 11.0 Å². The Kier molecular flexibility index (Phi) is 3.95. The van der Waals surface area contributed by atoms with Crippen molar-refractivity contribution in [1.82, 2.24) is 9.55 Å². The Morgan fingerprint density at radius 2 is 1.90 bits per heavy atom. The Labute approximate surface area is 128 Å². The molecular formula is C17H17ClN2O. The molecule has 0 bridgehead atoms. The lowest BCUT2D eigenvalue weighted by Gasteiger charge is -2.09. The van der Waals surface area contributed by atoms with Crippen molar-refractivity contribution in [2.75, 3.05) is 6.61 Å². The predicted molar refractivity (Wildman–Crippen MR) is 86.2 cm³/mol. The fraction of sp³-hybridized carbons (Fsp3) is 0.235. The SMILES string of the molecule is CCc1nc2ccc(Cl)cc2n1-c1ccc(CCO)cc1. The molecule has 108 valence electrons. The van der Waals surface area contributed by atoms with Crippen molar-refractivity contribution >= 4 is 22.6 Å². The van der Waals surface area contributed by atoms with Crippen LogP contribution in [-0.2, 0) is 12.8 Å². The molecule has 0 unspecified atom stereocenters. The highest BCUT2D eigenvalue weighted by molar-refractivity contribution is 6.31. The van der Waals surface area contributed by atoms with Crippen molar-refractivity contribution in [3.05, 3.63) is 58.9 Å². The number of nitrogens with zero attached hydrogens (tertiary/aromatic N) is 2. The van der Waals surface area contributed by atoms with E-state index in [0.29, 0.717) is 11.4 Å². The van der Waals surface area contributed by atoms with Crippen LogP contribution in [-0.4, -0.2) is 21.3 Å². The van der Waals surface area contributed by atoms with Crippen molar-refractivity contribution in [3.8, 4) is 5.69 Å². The van der Waals surface area contributed by atoms with Crippen molar-refractivity contribution in [1.29, 1.82) is 0 Å².